The fourth-order valence-electron chi connectivity index (χ4n) is 4.41. The van der Waals surface area contributed by atoms with Gasteiger partial charge in [-0.25, -0.2) is 18.4 Å². The number of H-pyrrole nitrogens is 1. The number of hydrogen-bond acceptors (Lipinski definition) is 7. The molecule has 0 unspecified atom stereocenters. The molecule has 4 rings (SSSR count). The first-order chi connectivity index (χ1) is 16.1. The quantitative estimate of drug-likeness (QED) is 0.524. The van der Waals surface area contributed by atoms with Crippen LogP contribution < -0.4 is 15.1 Å². The molecule has 0 saturated carbocycles. The Hall–Kier alpha value is -2.76. The highest BCUT2D eigenvalue weighted by atomic mass is 32.2. The van der Waals surface area contributed by atoms with E-state index in [1.165, 1.54) is 17.9 Å². The fourth-order valence-corrected chi connectivity index (χ4v) is 5.78. The van der Waals surface area contributed by atoms with Crippen LogP contribution in [0.5, 0.6) is 5.75 Å². The van der Waals surface area contributed by atoms with Crippen LogP contribution in [0.2, 0.25) is 0 Å². The van der Waals surface area contributed by atoms with Crippen molar-refractivity contribution < 1.29 is 13.2 Å². The lowest BCUT2D eigenvalue weighted by Gasteiger charge is -2.27. The van der Waals surface area contributed by atoms with Gasteiger partial charge in [0.05, 0.1) is 23.3 Å². The zero-order valence-electron chi connectivity index (χ0n) is 20.3. The van der Waals surface area contributed by atoms with Crippen LogP contribution in [0.4, 0.5) is 0 Å². The Bertz CT molecular complexity index is 1370. The lowest BCUT2D eigenvalue weighted by atomic mass is 10.1. The number of benzene rings is 1. The van der Waals surface area contributed by atoms with Crippen molar-refractivity contribution in [3.8, 4) is 17.1 Å². The highest BCUT2D eigenvalue weighted by Crippen LogP contribution is 2.33. The van der Waals surface area contributed by atoms with Gasteiger partial charge in [0, 0.05) is 20.1 Å². The van der Waals surface area contributed by atoms with E-state index in [4.69, 9.17) is 9.72 Å². The largest absolute Gasteiger partial charge is 0.496 e. The number of aryl methyl sites for hydroxylation is 2. The number of sulfonamides is 1. The minimum Gasteiger partial charge on any atom is -0.496 e. The first kappa shape index (κ1) is 24.4. The summed E-state index contributed by atoms with van der Waals surface area (Å²) in [7, 11) is -0.617. The molecular weight excluding hydrogens is 456 g/mol. The second-order valence-electron chi connectivity index (χ2n) is 9.24. The van der Waals surface area contributed by atoms with Crippen LogP contribution in [-0.4, -0.2) is 53.4 Å². The van der Waals surface area contributed by atoms with Gasteiger partial charge >= 0.3 is 0 Å². The Balaban J connectivity index is 1.85. The van der Waals surface area contributed by atoms with E-state index in [1.807, 2.05) is 0 Å². The summed E-state index contributed by atoms with van der Waals surface area (Å²) in [4.78, 5) is 23.3. The molecule has 0 bridgehead atoms. The molecule has 2 aromatic heterocycles. The minimum absolute atomic E-state index is 0.116. The normalized spacial score (nSPS) is 15.4. The summed E-state index contributed by atoms with van der Waals surface area (Å²) in [6.07, 6.45) is 3.66. The number of nitrogens with one attached hydrogen (secondary N) is 2. The van der Waals surface area contributed by atoms with Crippen molar-refractivity contribution in [3.63, 3.8) is 0 Å². The van der Waals surface area contributed by atoms with Gasteiger partial charge in [0.1, 0.15) is 17.1 Å². The molecule has 2 N–H and O–H groups in total. The lowest BCUT2D eigenvalue weighted by Crippen LogP contribution is -2.45. The highest BCUT2D eigenvalue weighted by molar-refractivity contribution is 7.89. The van der Waals surface area contributed by atoms with Gasteiger partial charge in [0.25, 0.3) is 15.6 Å². The lowest BCUT2D eigenvalue weighted by molar-refractivity contribution is 0.200. The third-order valence-electron chi connectivity index (χ3n) is 6.01. The van der Waals surface area contributed by atoms with Crippen molar-refractivity contribution in [2.75, 3.05) is 20.2 Å². The Morgan fingerprint density at radius 1 is 1.21 bits per heavy atom. The number of ether oxygens (including phenoxy) is 1. The Morgan fingerprint density at radius 2 is 1.91 bits per heavy atom. The molecule has 34 heavy (non-hydrogen) atoms. The molecule has 184 valence electrons. The zero-order chi connectivity index (χ0) is 24.6. The number of rotatable bonds is 7. The second-order valence-corrected chi connectivity index (χ2v) is 10.9. The molecule has 1 aliphatic heterocycles. The number of fused-ring (bicyclic) bond motifs is 1. The van der Waals surface area contributed by atoms with Crippen molar-refractivity contribution in [2.24, 2.45) is 13.0 Å². The zero-order valence-corrected chi connectivity index (χ0v) is 21.1. The van der Waals surface area contributed by atoms with Gasteiger partial charge in [0.2, 0.25) is 0 Å². The van der Waals surface area contributed by atoms with Gasteiger partial charge in [-0.2, -0.15) is 5.10 Å². The molecule has 3 heterocycles. The molecule has 0 radical (unpaired) electrons. The van der Waals surface area contributed by atoms with Gasteiger partial charge in [-0.05, 0) is 49.8 Å². The third kappa shape index (κ3) is 4.73. The monoisotopic (exact) mass is 488 g/mol. The molecule has 11 heteroatoms. The minimum atomic E-state index is -3.83. The van der Waals surface area contributed by atoms with Gasteiger partial charge in [-0.3, -0.25) is 9.48 Å². The molecule has 0 aliphatic carbocycles. The second kappa shape index (κ2) is 9.47. The van der Waals surface area contributed by atoms with Crippen LogP contribution in [-0.2, 0) is 23.5 Å². The van der Waals surface area contributed by atoms with E-state index in [1.54, 1.807) is 25.0 Å². The van der Waals surface area contributed by atoms with Gasteiger partial charge in [-0.1, -0.05) is 20.3 Å². The number of nitrogens with zero attached hydrogens (tertiary/aromatic N) is 4. The summed E-state index contributed by atoms with van der Waals surface area (Å²) in [5, 5.41) is 6.23. The number of piperidine rings is 1. The molecule has 0 spiro atoms. The van der Waals surface area contributed by atoms with E-state index >= 15 is 0 Å². The first-order valence-electron chi connectivity index (χ1n) is 11.5. The van der Waals surface area contributed by atoms with Crippen LogP contribution in [0.15, 0.2) is 21.8 Å². The van der Waals surface area contributed by atoms with E-state index in [2.05, 4.69) is 28.8 Å². The average molecular weight is 489 g/mol. The number of aromatic nitrogens is 4. The summed E-state index contributed by atoms with van der Waals surface area (Å²) < 4.78 is 33.6. The topological polar surface area (TPSA) is 122 Å². The van der Waals surface area contributed by atoms with Crippen LogP contribution in [0.25, 0.3) is 22.4 Å². The van der Waals surface area contributed by atoms with E-state index in [-0.39, 0.29) is 16.3 Å². The standard InChI is InChI=1S/C23H32N6O4S/c1-14(2)11-17-20-21(28(4)26-17)23(30)25-22(24-20)16-13-19(15(3)12-18(16)33-5)34(31,32)27-29-9-7-6-8-10-29/h12-14,27H,6-11H2,1-5H3,(H,24,25,30). The van der Waals surface area contributed by atoms with E-state index in [0.717, 1.165) is 25.0 Å². The summed E-state index contributed by atoms with van der Waals surface area (Å²) in [5.74, 6) is 0.988. The Labute approximate surface area is 199 Å². The SMILES string of the molecule is COc1cc(C)c(S(=O)(=O)NN2CCCCC2)cc1-c1nc2c(CC(C)C)nn(C)c2c(=O)[nH]1. The molecule has 1 saturated heterocycles. The van der Waals surface area contributed by atoms with Crippen molar-refractivity contribution in [3.05, 3.63) is 33.7 Å². The average Bonchev–Trinajstić information content (AvgIpc) is 3.08. The molecule has 1 aromatic carbocycles. The van der Waals surface area contributed by atoms with Crippen molar-refractivity contribution in [1.29, 1.82) is 0 Å². The molecule has 0 amide bonds. The maximum atomic E-state index is 13.3. The number of aromatic amines is 1. The smallest absolute Gasteiger partial charge is 0.277 e. The predicted molar refractivity (Wildman–Crippen MR) is 130 cm³/mol. The third-order valence-corrected chi connectivity index (χ3v) is 7.53. The van der Waals surface area contributed by atoms with Gasteiger partial charge < -0.3 is 9.72 Å². The highest BCUT2D eigenvalue weighted by Gasteiger charge is 2.25. The first-order valence-corrected chi connectivity index (χ1v) is 13.0. The molecule has 10 nitrogen and oxygen atoms in total. The molecule has 0 atom stereocenters. The van der Waals surface area contributed by atoms with Crippen LogP contribution >= 0.6 is 0 Å². The summed E-state index contributed by atoms with van der Waals surface area (Å²) in [6.45, 7) is 7.21. The van der Waals surface area contributed by atoms with Crippen molar-refractivity contribution in [2.45, 2.75) is 51.3 Å². The number of hydrazine groups is 1. The Morgan fingerprint density at radius 3 is 2.56 bits per heavy atom. The van der Waals surface area contributed by atoms with Gasteiger partial charge in [-0.15, -0.1) is 4.83 Å². The van der Waals surface area contributed by atoms with E-state index in [0.29, 0.717) is 53.3 Å². The van der Waals surface area contributed by atoms with Crippen LogP contribution in [0.3, 0.4) is 0 Å². The predicted octanol–water partition coefficient (Wildman–Crippen LogP) is 2.52. The number of methoxy groups -OCH3 is 1. The molecule has 3 aromatic rings. The van der Waals surface area contributed by atoms with Crippen LogP contribution in [0, 0.1) is 12.8 Å². The maximum Gasteiger partial charge on any atom is 0.277 e. The number of hydrogen-bond donors (Lipinski definition) is 2. The van der Waals surface area contributed by atoms with Crippen LogP contribution in [0.1, 0.15) is 44.4 Å². The van der Waals surface area contributed by atoms with Gasteiger partial charge in [0.15, 0.2) is 5.52 Å². The van der Waals surface area contributed by atoms with Crippen molar-refractivity contribution >= 4 is 21.1 Å². The summed E-state index contributed by atoms with van der Waals surface area (Å²) >= 11 is 0. The molecule has 1 fully saturated rings. The summed E-state index contributed by atoms with van der Waals surface area (Å²) in [6, 6.07) is 3.17. The Kier molecular flexibility index (Phi) is 6.79. The van der Waals surface area contributed by atoms with E-state index < -0.39 is 10.0 Å². The fraction of sp³-hybridized carbons (Fsp3) is 0.522. The van der Waals surface area contributed by atoms with E-state index in [9.17, 15) is 13.2 Å². The molecule has 1 aliphatic rings. The maximum absolute atomic E-state index is 13.3. The molecular formula is C23H32N6O4S. The summed E-state index contributed by atoms with van der Waals surface area (Å²) in [5.41, 5.74) is 2.20. The van der Waals surface area contributed by atoms with Crippen molar-refractivity contribution in [1.82, 2.24) is 29.6 Å².